The van der Waals surface area contributed by atoms with Crippen molar-refractivity contribution in [2.45, 2.75) is 54.5 Å². The molecule has 1 fully saturated rings. The van der Waals surface area contributed by atoms with E-state index >= 15 is 0 Å². The first-order chi connectivity index (χ1) is 11.8. The molecule has 24 heavy (non-hydrogen) atoms. The van der Waals surface area contributed by atoms with Crippen molar-refractivity contribution in [3.63, 3.8) is 0 Å². The highest BCUT2D eigenvalue weighted by molar-refractivity contribution is 7.99. The Kier molecular flexibility index (Phi) is 6.49. The van der Waals surface area contributed by atoms with E-state index in [0.29, 0.717) is 11.2 Å². The van der Waals surface area contributed by atoms with E-state index in [1.165, 1.54) is 43.4 Å². The minimum Gasteiger partial charge on any atom is -0.360 e. The third-order valence-electron chi connectivity index (χ3n) is 4.15. The molecule has 0 saturated heterocycles. The summed E-state index contributed by atoms with van der Waals surface area (Å²) in [5.41, 5.74) is 0.929. The van der Waals surface area contributed by atoms with Crippen molar-refractivity contribution in [3.05, 3.63) is 48.7 Å². The second kappa shape index (κ2) is 9.04. The molecule has 1 aliphatic carbocycles. The van der Waals surface area contributed by atoms with Crippen molar-refractivity contribution in [1.29, 1.82) is 0 Å². The molecule has 0 unspecified atom stereocenters. The summed E-state index contributed by atoms with van der Waals surface area (Å²) in [4.78, 5) is 5.69. The number of benzene rings is 1. The van der Waals surface area contributed by atoms with Crippen molar-refractivity contribution >= 4 is 34.8 Å². The number of pyridine rings is 1. The summed E-state index contributed by atoms with van der Waals surface area (Å²) >= 11 is 7.10. The Morgan fingerprint density at radius 3 is 2.42 bits per heavy atom. The lowest BCUT2D eigenvalue weighted by Crippen LogP contribution is -2.37. The van der Waals surface area contributed by atoms with E-state index in [4.69, 9.17) is 12.2 Å². The third kappa shape index (κ3) is 5.49. The van der Waals surface area contributed by atoms with Gasteiger partial charge in [-0.05, 0) is 49.3 Å². The monoisotopic (exact) mass is 357 g/mol. The van der Waals surface area contributed by atoms with Gasteiger partial charge in [0.05, 0.1) is 11.9 Å². The van der Waals surface area contributed by atoms with Gasteiger partial charge in [0, 0.05) is 10.9 Å². The number of nitrogens with one attached hydrogen (secondary N) is 2. The van der Waals surface area contributed by atoms with Crippen LogP contribution in [0.5, 0.6) is 0 Å². The van der Waals surface area contributed by atoms with Gasteiger partial charge in [-0.2, -0.15) is 0 Å². The van der Waals surface area contributed by atoms with E-state index in [1.807, 2.05) is 36.5 Å². The van der Waals surface area contributed by atoms with Gasteiger partial charge in [-0.1, -0.05) is 55.6 Å². The Morgan fingerprint density at radius 2 is 1.75 bits per heavy atom. The highest BCUT2D eigenvalue weighted by Crippen LogP contribution is 2.26. The first-order valence-corrected chi connectivity index (χ1v) is 9.78. The van der Waals surface area contributed by atoms with Crippen LogP contribution in [0.3, 0.4) is 0 Å². The molecule has 0 radical (unpaired) electrons. The summed E-state index contributed by atoms with van der Waals surface area (Å²) in [5.74, 6) is 0. The van der Waals surface area contributed by atoms with Crippen molar-refractivity contribution in [2.24, 2.45) is 0 Å². The van der Waals surface area contributed by atoms with E-state index < -0.39 is 0 Å². The number of nitrogens with zero attached hydrogens (tertiary/aromatic N) is 1. The lowest BCUT2D eigenvalue weighted by atomic mass is 10.1. The molecule has 1 heterocycles. The van der Waals surface area contributed by atoms with Crippen LogP contribution >= 0.6 is 24.0 Å². The van der Waals surface area contributed by atoms with Crippen molar-refractivity contribution in [3.8, 4) is 0 Å². The highest BCUT2D eigenvalue weighted by atomic mass is 32.2. The van der Waals surface area contributed by atoms with Gasteiger partial charge in [0.2, 0.25) is 0 Å². The van der Waals surface area contributed by atoms with Gasteiger partial charge in [0.1, 0.15) is 5.03 Å². The SMILES string of the molecule is S=C(Nc1ccc(Sc2ccccc2)nc1)NC1CCCCCC1. The molecule has 0 amide bonds. The third-order valence-corrected chi connectivity index (χ3v) is 5.33. The van der Waals surface area contributed by atoms with Crippen LogP contribution in [0, 0.1) is 0 Å². The average Bonchev–Trinajstić information content (AvgIpc) is 2.86. The maximum Gasteiger partial charge on any atom is 0.171 e. The molecule has 0 spiro atoms. The zero-order valence-corrected chi connectivity index (χ0v) is 15.3. The molecule has 0 bridgehead atoms. The zero-order chi connectivity index (χ0) is 16.6. The van der Waals surface area contributed by atoms with Gasteiger partial charge in [0.25, 0.3) is 0 Å². The highest BCUT2D eigenvalue weighted by Gasteiger charge is 2.13. The Bertz CT molecular complexity index is 635. The maximum atomic E-state index is 5.44. The molecule has 1 aliphatic rings. The summed E-state index contributed by atoms with van der Waals surface area (Å²) in [6.45, 7) is 0. The fourth-order valence-electron chi connectivity index (χ4n) is 2.90. The molecule has 1 aromatic carbocycles. The van der Waals surface area contributed by atoms with Crippen LogP contribution < -0.4 is 10.6 Å². The first kappa shape index (κ1) is 17.2. The fourth-order valence-corrected chi connectivity index (χ4v) is 3.96. The number of hydrogen-bond donors (Lipinski definition) is 2. The van der Waals surface area contributed by atoms with Gasteiger partial charge in [-0.25, -0.2) is 4.98 Å². The predicted molar refractivity (Wildman–Crippen MR) is 106 cm³/mol. The molecule has 0 atom stereocenters. The van der Waals surface area contributed by atoms with Crippen LogP contribution in [0.25, 0.3) is 0 Å². The number of aromatic nitrogens is 1. The van der Waals surface area contributed by atoms with Crippen molar-refractivity contribution < 1.29 is 0 Å². The molecular weight excluding hydrogens is 334 g/mol. The molecule has 126 valence electrons. The number of rotatable bonds is 4. The van der Waals surface area contributed by atoms with E-state index in [9.17, 15) is 0 Å². The number of hydrogen-bond acceptors (Lipinski definition) is 3. The van der Waals surface area contributed by atoms with Crippen molar-refractivity contribution in [1.82, 2.24) is 10.3 Å². The van der Waals surface area contributed by atoms with Gasteiger partial charge >= 0.3 is 0 Å². The Hall–Kier alpha value is -1.59. The summed E-state index contributed by atoms with van der Waals surface area (Å²) in [5, 5.41) is 8.38. The van der Waals surface area contributed by atoms with Gasteiger partial charge in [-0.15, -0.1) is 0 Å². The van der Waals surface area contributed by atoms with E-state index in [0.717, 1.165) is 10.7 Å². The average molecular weight is 358 g/mol. The second-order valence-corrected chi connectivity index (χ2v) is 7.59. The van der Waals surface area contributed by atoms with E-state index in [2.05, 4.69) is 27.8 Å². The summed E-state index contributed by atoms with van der Waals surface area (Å²) in [7, 11) is 0. The molecule has 3 rings (SSSR count). The van der Waals surface area contributed by atoms with Crippen LogP contribution in [-0.4, -0.2) is 16.1 Å². The van der Waals surface area contributed by atoms with Gasteiger partial charge in [-0.3, -0.25) is 0 Å². The van der Waals surface area contributed by atoms with Crippen LogP contribution in [-0.2, 0) is 0 Å². The van der Waals surface area contributed by atoms with Crippen molar-refractivity contribution in [2.75, 3.05) is 5.32 Å². The van der Waals surface area contributed by atoms with Crippen LogP contribution in [0.15, 0.2) is 58.6 Å². The van der Waals surface area contributed by atoms with Crippen LogP contribution in [0.4, 0.5) is 5.69 Å². The molecule has 3 nitrogen and oxygen atoms in total. The Balaban J connectivity index is 1.51. The topological polar surface area (TPSA) is 37.0 Å². The van der Waals surface area contributed by atoms with Crippen LogP contribution in [0.2, 0.25) is 0 Å². The quantitative estimate of drug-likeness (QED) is 0.578. The van der Waals surface area contributed by atoms with Gasteiger partial charge in [0.15, 0.2) is 5.11 Å². The Labute approximate surface area is 153 Å². The summed E-state index contributed by atoms with van der Waals surface area (Å²) in [6.07, 6.45) is 9.57. The maximum absolute atomic E-state index is 5.44. The summed E-state index contributed by atoms with van der Waals surface area (Å²) < 4.78 is 0. The molecule has 0 aliphatic heterocycles. The molecule has 5 heteroatoms. The molecular formula is C19H23N3S2. The molecule has 1 saturated carbocycles. The zero-order valence-electron chi connectivity index (χ0n) is 13.7. The summed E-state index contributed by atoms with van der Waals surface area (Å²) in [6, 6.07) is 14.8. The molecule has 2 aromatic rings. The van der Waals surface area contributed by atoms with E-state index in [1.54, 1.807) is 11.8 Å². The Morgan fingerprint density at radius 1 is 1.00 bits per heavy atom. The van der Waals surface area contributed by atoms with Gasteiger partial charge < -0.3 is 10.6 Å². The normalized spacial score (nSPS) is 15.5. The number of thiocarbonyl (C=S) groups is 1. The molecule has 2 N–H and O–H groups in total. The fraction of sp³-hybridized carbons (Fsp3) is 0.368. The number of anilines is 1. The minimum absolute atomic E-state index is 0.508. The predicted octanol–water partition coefficient (Wildman–Crippen LogP) is 5.24. The van der Waals surface area contributed by atoms with E-state index in [-0.39, 0.29) is 0 Å². The second-order valence-electron chi connectivity index (χ2n) is 6.09. The minimum atomic E-state index is 0.508. The molecule has 1 aromatic heterocycles. The smallest absolute Gasteiger partial charge is 0.171 e. The standard InChI is InChI=1S/C19H23N3S2/c23-19(21-15-8-4-1-2-5-9-15)22-16-12-13-18(20-14-16)24-17-10-6-3-7-11-17/h3,6-7,10-15H,1-2,4-5,8-9H2,(H2,21,22,23). The van der Waals surface area contributed by atoms with Crippen LogP contribution in [0.1, 0.15) is 38.5 Å². The lowest BCUT2D eigenvalue weighted by molar-refractivity contribution is 0.535. The lowest BCUT2D eigenvalue weighted by Gasteiger charge is -2.19. The first-order valence-electron chi connectivity index (χ1n) is 8.56. The largest absolute Gasteiger partial charge is 0.360 e.